The van der Waals surface area contributed by atoms with Gasteiger partial charge in [-0.1, -0.05) is 19.8 Å². The highest BCUT2D eigenvalue weighted by molar-refractivity contribution is 7.14. The molecule has 0 aliphatic rings. The normalized spacial score (nSPS) is 10.6. The predicted octanol–water partition coefficient (Wildman–Crippen LogP) is 3.33. The highest BCUT2D eigenvalue weighted by Gasteiger charge is 2.16. The SMILES string of the molecule is CCCc1cc(OCCCCCCO)c(C(=O)O)s1. The molecule has 0 atom stereocenters. The lowest BCUT2D eigenvalue weighted by Gasteiger charge is -2.04. The van der Waals surface area contributed by atoms with Crippen LogP contribution in [0.15, 0.2) is 6.07 Å². The smallest absolute Gasteiger partial charge is 0.349 e. The number of carboxylic acid groups (broad SMARTS) is 1. The average Bonchev–Trinajstić information content (AvgIpc) is 2.77. The number of hydrogen-bond donors (Lipinski definition) is 2. The molecule has 1 rings (SSSR count). The van der Waals surface area contributed by atoms with Gasteiger partial charge < -0.3 is 14.9 Å². The van der Waals surface area contributed by atoms with Crippen LogP contribution in [-0.4, -0.2) is 29.4 Å². The monoisotopic (exact) mass is 286 g/mol. The molecule has 0 bridgehead atoms. The number of aromatic carboxylic acids is 1. The van der Waals surface area contributed by atoms with E-state index in [1.165, 1.54) is 11.3 Å². The number of hydrogen-bond acceptors (Lipinski definition) is 4. The Bertz CT molecular complexity index is 387. The summed E-state index contributed by atoms with van der Waals surface area (Å²) in [6, 6.07) is 1.85. The molecule has 1 aromatic rings. The quantitative estimate of drug-likeness (QED) is 0.647. The van der Waals surface area contributed by atoms with Crippen molar-refractivity contribution in [1.29, 1.82) is 0 Å². The second-order valence-corrected chi connectivity index (χ2v) is 5.58. The first-order valence-corrected chi connectivity index (χ1v) is 7.60. The molecular weight excluding hydrogens is 264 g/mol. The molecule has 108 valence electrons. The third-order valence-electron chi connectivity index (χ3n) is 2.75. The van der Waals surface area contributed by atoms with E-state index in [1.54, 1.807) is 0 Å². The standard InChI is InChI=1S/C14H22O4S/c1-2-7-11-10-12(13(19-11)14(16)17)18-9-6-4-3-5-8-15/h10,15H,2-9H2,1H3,(H,16,17). The molecular formula is C14H22O4S. The maximum Gasteiger partial charge on any atom is 0.349 e. The van der Waals surface area contributed by atoms with Crippen LogP contribution in [-0.2, 0) is 6.42 Å². The van der Waals surface area contributed by atoms with Crippen LogP contribution in [0.25, 0.3) is 0 Å². The number of carboxylic acids is 1. The van der Waals surface area contributed by atoms with Crippen molar-refractivity contribution in [3.8, 4) is 5.75 Å². The van der Waals surface area contributed by atoms with Crippen molar-refractivity contribution in [1.82, 2.24) is 0 Å². The van der Waals surface area contributed by atoms with Crippen LogP contribution < -0.4 is 4.74 Å². The minimum atomic E-state index is -0.914. The number of rotatable bonds is 10. The summed E-state index contributed by atoms with van der Waals surface area (Å²) in [6.07, 6.45) is 5.58. The van der Waals surface area contributed by atoms with Gasteiger partial charge in [0.05, 0.1) is 6.61 Å². The van der Waals surface area contributed by atoms with Crippen molar-refractivity contribution in [2.45, 2.75) is 45.4 Å². The Morgan fingerprint density at radius 2 is 2.05 bits per heavy atom. The molecule has 5 heteroatoms. The Labute approximate surface area is 118 Å². The maximum atomic E-state index is 11.1. The van der Waals surface area contributed by atoms with Crippen LogP contribution in [0.2, 0.25) is 0 Å². The lowest BCUT2D eigenvalue weighted by Crippen LogP contribution is -2.01. The molecule has 0 radical (unpaired) electrons. The van der Waals surface area contributed by atoms with Crippen LogP contribution in [0.4, 0.5) is 0 Å². The summed E-state index contributed by atoms with van der Waals surface area (Å²) in [4.78, 5) is 12.5. The first kappa shape index (κ1) is 16.0. The Morgan fingerprint density at radius 3 is 2.68 bits per heavy atom. The number of aliphatic hydroxyl groups is 1. The Morgan fingerprint density at radius 1 is 1.32 bits per heavy atom. The number of aryl methyl sites for hydroxylation is 1. The number of thiophene rings is 1. The molecule has 0 spiro atoms. The second-order valence-electron chi connectivity index (χ2n) is 4.45. The third kappa shape index (κ3) is 5.61. The van der Waals surface area contributed by atoms with Gasteiger partial charge in [0.25, 0.3) is 0 Å². The molecule has 0 fully saturated rings. The van der Waals surface area contributed by atoms with Crippen LogP contribution in [0.5, 0.6) is 5.75 Å². The van der Waals surface area contributed by atoms with Gasteiger partial charge in [-0.05, 0) is 31.7 Å². The fraction of sp³-hybridized carbons (Fsp3) is 0.643. The van der Waals surface area contributed by atoms with E-state index in [0.29, 0.717) is 17.2 Å². The largest absolute Gasteiger partial charge is 0.492 e. The van der Waals surface area contributed by atoms with Crippen molar-refractivity contribution in [3.05, 3.63) is 15.8 Å². The summed E-state index contributed by atoms with van der Waals surface area (Å²) in [6.45, 7) is 2.84. The highest BCUT2D eigenvalue weighted by atomic mass is 32.1. The molecule has 0 saturated heterocycles. The summed E-state index contributed by atoms with van der Waals surface area (Å²) in [5, 5.41) is 17.8. The fourth-order valence-electron chi connectivity index (χ4n) is 1.80. The van der Waals surface area contributed by atoms with E-state index in [-0.39, 0.29) is 6.61 Å². The van der Waals surface area contributed by atoms with E-state index in [1.807, 2.05) is 6.07 Å². The molecule has 0 unspecified atom stereocenters. The lowest BCUT2D eigenvalue weighted by molar-refractivity contribution is 0.0698. The van der Waals surface area contributed by atoms with E-state index < -0.39 is 5.97 Å². The van der Waals surface area contributed by atoms with Crippen LogP contribution in [0, 0.1) is 0 Å². The van der Waals surface area contributed by atoms with E-state index in [2.05, 4.69) is 6.92 Å². The second kappa shape index (κ2) is 8.93. The minimum absolute atomic E-state index is 0.231. The molecule has 0 aliphatic carbocycles. The summed E-state index contributed by atoms with van der Waals surface area (Å²) in [7, 11) is 0. The molecule has 0 aromatic carbocycles. The first-order valence-electron chi connectivity index (χ1n) is 6.78. The summed E-state index contributed by atoms with van der Waals surface area (Å²) in [5.74, 6) is -0.411. The highest BCUT2D eigenvalue weighted by Crippen LogP contribution is 2.30. The summed E-state index contributed by atoms with van der Waals surface area (Å²) < 4.78 is 5.57. The van der Waals surface area contributed by atoms with Gasteiger partial charge in [0.1, 0.15) is 5.75 Å². The Balaban J connectivity index is 2.44. The first-order chi connectivity index (χ1) is 9.19. The zero-order valence-corrected chi connectivity index (χ0v) is 12.2. The van der Waals surface area contributed by atoms with Crippen molar-refractivity contribution >= 4 is 17.3 Å². The Kier molecular flexibility index (Phi) is 7.52. The number of aliphatic hydroxyl groups excluding tert-OH is 1. The van der Waals surface area contributed by atoms with Gasteiger partial charge in [-0.3, -0.25) is 0 Å². The van der Waals surface area contributed by atoms with Crippen LogP contribution in [0.1, 0.15) is 53.6 Å². The van der Waals surface area contributed by atoms with Crippen LogP contribution >= 0.6 is 11.3 Å². The lowest BCUT2D eigenvalue weighted by atomic mass is 10.2. The van der Waals surface area contributed by atoms with E-state index in [4.69, 9.17) is 14.9 Å². The van der Waals surface area contributed by atoms with Gasteiger partial charge in [0, 0.05) is 11.5 Å². The van der Waals surface area contributed by atoms with Crippen molar-refractivity contribution in [3.63, 3.8) is 0 Å². The van der Waals surface area contributed by atoms with Gasteiger partial charge in [-0.2, -0.15) is 0 Å². The molecule has 1 heterocycles. The van der Waals surface area contributed by atoms with E-state index in [9.17, 15) is 4.79 Å². The summed E-state index contributed by atoms with van der Waals surface area (Å²) in [5.41, 5.74) is 0. The fourth-order valence-corrected chi connectivity index (χ4v) is 2.84. The topological polar surface area (TPSA) is 66.8 Å². The van der Waals surface area contributed by atoms with Crippen LogP contribution in [0.3, 0.4) is 0 Å². The zero-order valence-electron chi connectivity index (χ0n) is 11.4. The molecule has 0 saturated carbocycles. The molecule has 2 N–H and O–H groups in total. The predicted molar refractivity (Wildman–Crippen MR) is 76.3 cm³/mol. The van der Waals surface area contributed by atoms with Crippen molar-refractivity contribution in [2.75, 3.05) is 13.2 Å². The van der Waals surface area contributed by atoms with Gasteiger partial charge >= 0.3 is 5.97 Å². The number of carbonyl (C=O) groups is 1. The Hall–Kier alpha value is -1.07. The number of ether oxygens (including phenoxy) is 1. The molecule has 19 heavy (non-hydrogen) atoms. The number of unbranched alkanes of at least 4 members (excludes halogenated alkanes) is 3. The van der Waals surface area contributed by atoms with Gasteiger partial charge in [-0.25, -0.2) is 4.79 Å². The summed E-state index contributed by atoms with van der Waals surface area (Å²) >= 11 is 1.31. The van der Waals surface area contributed by atoms with Gasteiger partial charge in [0.15, 0.2) is 4.88 Å². The third-order valence-corrected chi connectivity index (χ3v) is 3.91. The zero-order chi connectivity index (χ0) is 14.1. The van der Waals surface area contributed by atoms with E-state index >= 15 is 0 Å². The van der Waals surface area contributed by atoms with E-state index in [0.717, 1.165) is 43.4 Å². The molecule has 4 nitrogen and oxygen atoms in total. The minimum Gasteiger partial charge on any atom is -0.492 e. The van der Waals surface area contributed by atoms with Crippen molar-refractivity contribution in [2.24, 2.45) is 0 Å². The van der Waals surface area contributed by atoms with Gasteiger partial charge in [-0.15, -0.1) is 11.3 Å². The average molecular weight is 286 g/mol. The maximum absolute atomic E-state index is 11.1. The molecule has 1 aromatic heterocycles. The van der Waals surface area contributed by atoms with Gasteiger partial charge in [0.2, 0.25) is 0 Å². The molecule has 0 aliphatic heterocycles. The molecule has 0 amide bonds. The van der Waals surface area contributed by atoms with Crippen molar-refractivity contribution < 1.29 is 19.7 Å².